The van der Waals surface area contributed by atoms with Gasteiger partial charge in [0, 0.05) is 30.1 Å². The maximum Gasteiger partial charge on any atom is 0.129 e. The van der Waals surface area contributed by atoms with Crippen molar-refractivity contribution in [2.24, 2.45) is 0 Å². The SMILES string of the molecule is Cc1ccc(C#N)cc1-n1cc(-c2ccnc3c2CCN3)cn1. The summed E-state index contributed by atoms with van der Waals surface area (Å²) in [6, 6.07) is 9.85. The topological polar surface area (TPSA) is 66.5 Å². The Morgan fingerprint density at radius 3 is 3.09 bits per heavy atom. The standard InChI is InChI=1S/C18H15N5/c1-12-2-3-13(9-19)8-17(12)23-11-14(10-22-23)15-4-6-20-18-16(15)5-7-21-18/h2-4,6,8,10-11H,5,7H2,1H3,(H,20,21). The van der Waals surface area contributed by atoms with Gasteiger partial charge in [-0.25, -0.2) is 9.67 Å². The molecule has 0 bridgehead atoms. The van der Waals surface area contributed by atoms with Crippen LogP contribution in [0.5, 0.6) is 0 Å². The quantitative estimate of drug-likeness (QED) is 0.790. The van der Waals surface area contributed by atoms with Crippen LogP contribution in [-0.4, -0.2) is 21.3 Å². The zero-order chi connectivity index (χ0) is 15.8. The van der Waals surface area contributed by atoms with Gasteiger partial charge in [0.25, 0.3) is 0 Å². The fourth-order valence-corrected chi connectivity index (χ4v) is 2.99. The van der Waals surface area contributed by atoms with Crippen LogP contribution in [0.25, 0.3) is 16.8 Å². The van der Waals surface area contributed by atoms with Gasteiger partial charge in [0.1, 0.15) is 5.82 Å². The molecule has 0 fully saturated rings. The van der Waals surface area contributed by atoms with Crippen molar-refractivity contribution < 1.29 is 0 Å². The zero-order valence-electron chi connectivity index (χ0n) is 12.7. The molecule has 1 aromatic carbocycles. The molecule has 0 atom stereocenters. The average Bonchev–Trinajstić information content (AvgIpc) is 3.24. The minimum Gasteiger partial charge on any atom is -0.369 e. The van der Waals surface area contributed by atoms with E-state index in [2.05, 4.69) is 21.5 Å². The predicted octanol–water partition coefficient (Wildman–Crippen LogP) is 3.08. The summed E-state index contributed by atoms with van der Waals surface area (Å²) in [5, 5.41) is 16.9. The fourth-order valence-electron chi connectivity index (χ4n) is 2.99. The van der Waals surface area contributed by atoms with Crippen LogP contribution < -0.4 is 5.32 Å². The number of aromatic nitrogens is 3. The van der Waals surface area contributed by atoms with Crippen LogP contribution in [0.4, 0.5) is 5.82 Å². The molecular formula is C18H15N5. The summed E-state index contributed by atoms with van der Waals surface area (Å²) in [5.41, 5.74) is 6.13. The molecule has 1 aliphatic rings. The van der Waals surface area contributed by atoms with E-state index in [0.29, 0.717) is 5.56 Å². The molecule has 112 valence electrons. The summed E-state index contributed by atoms with van der Waals surface area (Å²) in [6.07, 6.45) is 6.68. The first-order chi connectivity index (χ1) is 11.3. The van der Waals surface area contributed by atoms with Gasteiger partial charge in [-0.1, -0.05) is 6.07 Å². The van der Waals surface area contributed by atoms with Crippen molar-refractivity contribution in [3.63, 3.8) is 0 Å². The first kappa shape index (κ1) is 13.5. The molecule has 4 rings (SSSR count). The first-order valence-corrected chi connectivity index (χ1v) is 7.54. The number of pyridine rings is 1. The Morgan fingerprint density at radius 2 is 2.22 bits per heavy atom. The van der Waals surface area contributed by atoms with Crippen LogP contribution >= 0.6 is 0 Å². The maximum absolute atomic E-state index is 9.10. The molecule has 0 spiro atoms. The minimum absolute atomic E-state index is 0.636. The maximum atomic E-state index is 9.10. The van der Waals surface area contributed by atoms with Gasteiger partial charge in [0.2, 0.25) is 0 Å². The molecule has 0 aliphatic carbocycles. The molecule has 2 aromatic heterocycles. The molecule has 0 saturated carbocycles. The molecule has 3 aromatic rings. The number of nitrogens with zero attached hydrogens (tertiary/aromatic N) is 4. The van der Waals surface area contributed by atoms with E-state index in [0.717, 1.165) is 35.6 Å². The highest BCUT2D eigenvalue weighted by atomic mass is 15.3. The Balaban J connectivity index is 1.79. The van der Waals surface area contributed by atoms with Gasteiger partial charge in [-0.05, 0) is 42.7 Å². The van der Waals surface area contributed by atoms with E-state index in [1.54, 1.807) is 0 Å². The molecular weight excluding hydrogens is 286 g/mol. The summed E-state index contributed by atoms with van der Waals surface area (Å²) < 4.78 is 1.83. The van der Waals surface area contributed by atoms with Gasteiger partial charge >= 0.3 is 0 Å². The van der Waals surface area contributed by atoms with Gasteiger partial charge in [0.15, 0.2) is 0 Å². The predicted molar refractivity (Wildman–Crippen MR) is 88.4 cm³/mol. The molecule has 0 amide bonds. The molecule has 0 saturated heterocycles. The van der Waals surface area contributed by atoms with E-state index in [9.17, 15) is 0 Å². The highest BCUT2D eigenvalue weighted by Gasteiger charge is 2.17. The Bertz CT molecular complexity index is 916. The second kappa shape index (κ2) is 5.25. The lowest BCUT2D eigenvalue weighted by Crippen LogP contribution is -1.98. The van der Waals surface area contributed by atoms with Crippen LogP contribution in [0, 0.1) is 18.3 Å². The number of anilines is 1. The van der Waals surface area contributed by atoms with Crippen LogP contribution in [0.2, 0.25) is 0 Å². The van der Waals surface area contributed by atoms with E-state index >= 15 is 0 Å². The summed E-state index contributed by atoms with van der Waals surface area (Å²) in [6.45, 7) is 2.95. The lowest BCUT2D eigenvalue weighted by molar-refractivity contribution is 0.872. The molecule has 0 unspecified atom stereocenters. The number of rotatable bonds is 2. The van der Waals surface area contributed by atoms with Crippen LogP contribution in [0.3, 0.4) is 0 Å². The number of nitriles is 1. The summed E-state index contributed by atoms with van der Waals surface area (Å²) in [4.78, 5) is 4.37. The molecule has 1 N–H and O–H groups in total. The van der Waals surface area contributed by atoms with E-state index in [-0.39, 0.29) is 0 Å². The number of aryl methyl sites for hydroxylation is 1. The summed E-state index contributed by atoms with van der Waals surface area (Å²) in [7, 11) is 0. The van der Waals surface area contributed by atoms with Gasteiger partial charge in [0.05, 0.1) is 23.5 Å². The van der Waals surface area contributed by atoms with Gasteiger partial charge in [-0.3, -0.25) is 0 Å². The third-order valence-electron chi connectivity index (χ3n) is 4.20. The highest BCUT2D eigenvalue weighted by Crippen LogP contribution is 2.31. The Hall–Kier alpha value is -3.13. The monoisotopic (exact) mass is 301 g/mol. The zero-order valence-corrected chi connectivity index (χ0v) is 12.7. The summed E-state index contributed by atoms with van der Waals surface area (Å²) in [5.74, 6) is 0.970. The number of fused-ring (bicyclic) bond motifs is 1. The van der Waals surface area contributed by atoms with Crippen molar-refractivity contribution >= 4 is 5.82 Å². The second-order valence-electron chi connectivity index (χ2n) is 5.65. The third-order valence-corrected chi connectivity index (χ3v) is 4.20. The van der Waals surface area contributed by atoms with E-state index in [4.69, 9.17) is 5.26 Å². The van der Waals surface area contributed by atoms with Crippen LogP contribution in [0.1, 0.15) is 16.7 Å². The van der Waals surface area contributed by atoms with Gasteiger partial charge < -0.3 is 5.32 Å². The molecule has 3 heterocycles. The highest BCUT2D eigenvalue weighted by molar-refractivity contribution is 5.73. The van der Waals surface area contributed by atoms with Crippen molar-refractivity contribution in [2.45, 2.75) is 13.3 Å². The third kappa shape index (κ3) is 2.25. The fraction of sp³-hybridized carbons (Fsp3) is 0.167. The number of hydrogen-bond acceptors (Lipinski definition) is 4. The Kier molecular flexibility index (Phi) is 3.09. The van der Waals surface area contributed by atoms with Crippen molar-refractivity contribution in [3.05, 3.63) is 59.5 Å². The van der Waals surface area contributed by atoms with Crippen LogP contribution in [-0.2, 0) is 6.42 Å². The smallest absolute Gasteiger partial charge is 0.129 e. The number of hydrogen-bond donors (Lipinski definition) is 1. The Labute approximate surface area is 134 Å². The van der Waals surface area contributed by atoms with Crippen molar-refractivity contribution in [3.8, 4) is 22.9 Å². The van der Waals surface area contributed by atoms with Crippen LogP contribution in [0.15, 0.2) is 42.9 Å². The Morgan fingerprint density at radius 1 is 1.30 bits per heavy atom. The molecule has 23 heavy (non-hydrogen) atoms. The van der Waals surface area contributed by atoms with E-state index < -0.39 is 0 Å². The lowest BCUT2D eigenvalue weighted by atomic mass is 10.0. The van der Waals surface area contributed by atoms with Crippen molar-refractivity contribution in [1.82, 2.24) is 14.8 Å². The molecule has 5 heteroatoms. The van der Waals surface area contributed by atoms with E-state index in [1.165, 1.54) is 11.1 Å². The molecule has 5 nitrogen and oxygen atoms in total. The molecule has 1 aliphatic heterocycles. The van der Waals surface area contributed by atoms with Crippen molar-refractivity contribution in [2.75, 3.05) is 11.9 Å². The van der Waals surface area contributed by atoms with E-state index in [1.807, 2.05) is 54.5 Å². The average molecular weight is 301 g/mol. The van der Waals surface area contributed by atoms with Crippen molar-refractivity contribution in [1.29, 1.82) is 5.26 Å². The lowest BCUT2D eigenvalue weighted by Gasteiger charge is -2.06. The molecule has 0 radical (unpaired) electrons. The largest absolute Gasteiger partial charge is 0.369 e. The minimum atomic E-state index is 0.636. The first-order valence-electron chi connectivity index (χ1n) is 7.54. The second-order valence-corrected chi connectivity index (χ2v) is 5.65. The summed E-state index contributed by atoms with van der Waals surface area (Å²) >= 11 is 0. The van der Waals surface area contributed by atoms with Gasteiger partial charge in [-0.2, -0.15) is 10.4 Å². The van der Waals surface area contributed by atoms with Gasteiger partial charge in [-0.15, -0.1) is 0 Å². The number of benzene rings is 1. The normalized spacial score (nSPS) is 12.5. The number of nitrogens with one attached hydrogen (secondary N) is 1.